The van der Waals surface area contributed by atoms with E-state index in [0.29, 0.717) is 5.82 Å². The van der Waals surface area contributed by atoms with Crippen molar-refractivity contribution in [3.05, 3.63) is 18.3 Å². The summed E-state index contributed by atoms with van der Waals surface area (Å²) in [6.45, 7) is 1.67. The van der Waals surface area contributed by atoms with E-state index in [4.69, 9.17) is 5.84 Å². The van der Waals surface area contributed by atoms with Crippen molar-refractivity contribution in [2.45, 2.75) is 0 Å². The fourth-order valence-electron chi connectivity index (χ4n) is 1.59. The Morgan fingerprint density at radius 3 is 2.87 bits per heavy atom. The van der Waals surface area contributed by atoms with Gasteiger partial charge in [0.1, 0.15) is 5.82 Å². The fraction of sp³-hybridized carbons (Fsp3) is 0.444. The molecule has 3 N–H and O–H groups in total. The van der Waals surface area contributed by atoms with E-state index < -0.39 is 10.8 Å². The highest BCUT2D eigenvalue weighted by Gasteiger charge is 2.15. The SMILES string of the molecule is NNc1cc(N2CCS(=O)CC2)ccn1. The van der Waals surface area contributed by atoms with Gasteiger partial charge in [-0.2, -0.15) is 0 Å². The first-order valence-corrected chi connectivity index (χ1v) is 6.31. The summed E-state index contributed by atoms with van der Waals surface area (Å²) in [6, 6.07) is 3.84. The lowest BCUT2D eigenvalue weighted by molar-refractivity contribution is 0.673. The molecule has 1 fully saturated rings. The van der Waals surface area contributed by atoms with E-state index in [2.05, 4.69) is 15.3 Å². The van der Waals surface area contributed by atoms with E-state index in [1.807, 2.05) is 12.1 Å². The van der Waals surface area contributed by atoms with Gasteiger partial charge in [0.25, 0.3) is 0 Å². The summed E-state index contributed by atoms with van der Waals surface area (Å²) in [4.78, 5) is 6.24. The van der Waals surface area contributed by atoms with Crippen molar-refractivity contribution in [1.29, 1.82) is 0 Å². The first-order valence-electron chi connectivity index (χ1n) is 4.82. The van der Waals surface area contributed by atoms with Gasteiger partial charge in [0.15, 0.2) is 0 Å². The van der Waals surface area contributed by atoms with Crippen molar-refractivity contribution in [3.8, 4) is 0 Å². The third-order valence-corrected chi connectivity index (χ3v) is 3.71. The van der Waals surface area contributed by atoms with Gasteiger partial charge in [0.05, 0.1) is 0 Å². The molecule has 0 bridgehead atoms. The summed E-state index contributed by atoms with van der Waals surface area (Å²) < 4.78 is 11.2. The first-order chi connectivity index (χ1) is 7.29. The maximum absolute atomic E-state index is 11.2. The van der Waals surface area contributed by atoms with E-state index in [1.54, 1.807) is 6.20 Å². The quantitative estimate of drug-likeness (QED) is 0.546. The fourth-order valence-corrected chi connectivity index (χ4v) is 2.64. The maximum atomic E-state index is 11.2. The van der Waals surface area contributed by atoms with Gasteiger partial charge in [-0.25, -0.2) is 10.8 Å². The smallest absolute Gasteiger partial charge is 0.141 e. The third-order valence-electron chi connectivity index (χ3n) is 2.43. The van der Waals surface area contributed by atoms with Crippen LogP contribution in [-0.2, 0) is 10.8 Å². The Bertz CT molecular complexity index is 361. The Hall–Kier alpha value is -1.14. The summed E-state index contributed by atoms with van der Waals surface area (Å²) in [5.41, 5.74) is 3.60. The Morgan fingerprint density at radius 2 is 2.20 bits per heavy atom. The second kappa shape index (κ2) is 4.59. The van der Waals surface area contributed by atoms with E-state index in [1.165, 1.54) is 0 Å². The van der Waals surface area contributed by atoms with Crippen LogP contribution in [0.1, 0.15) is 0 Å². The van der Waals surface area contributed by atoms with Gasteiger partial charge in [-0.05, 0) is 6.07 Å². The molecule has 6 heteroatoms. The Morgan fingerprint density at radius 1 is 1.47 bits per heavy atom. The predicted octanol–water partition coefficient (Wildman–Crippen LogP) is -0.0641. The molecule has 1 aliphatic rings. The molecule has 1 aromatic heterocycles. The number of rotatable bonds is 2. The van der Waals surface area contributed by atoms with Gasteiger partial charge in [-0.15, -0.1) is 0 Å². The second-order valence-electron chi connectivity index (χ2n) is 3.38. The van der Waals surface area contributed by atoms with Crippen LogP contribution in [0.2, 0.25) is 0 Å². The Labute approximate surface area is 91.1 Å². The molecule has 0 radical (unpaired) electrons. The number of pyridine rings is 1. The topological polar surface area (TPSA) is 71.2 Å². The minimum absolute atomic E-state index is 0.639. The molecular formula is C9H14N4OS. The molecule has 0 unspecified atom stereocenters. The molecule has 0 aromatic carbocycles. The molecular weight excluding hydrogens is 212 g/mol. The highest BCUT2D eigenvalue weighted by Crippen LogP contribution is 2.18. The molecule has 1 saturated heterocycles. The van der Waals surface area contributed by atoms with Crippen LogP contribution in [0.15, 0.2) is 18.3 Å². The van der Waals surface area contributed by atoms with Gasteiger partial charge in [-0.3, -0.25) is 4.21 Å². The highest BCUT2D eigenvalue weighted by molar-refractivity contribution is 7.85. The minimum Gasteiger partial charge on any atom is -0.370 e. The summed E-state index contributed by atoms with van der Waals surface area (Å²) in [7, 11) is -0.639. The molecule has 82 valence electrons. The zero-order valence-electron chi connectivity index (χ0n) is 8.35. The average molecular weight is 226 g/mol. The molecule has 5 nitrogen and oxygen atoms in total. The lowest BCUT2D eigenvalue weighted by Gasteiger charge is -2.28. The number of hydrogen-bond donors (Lipinski definition) is 2. The minimum atomic E-state index is -0.639. The second-order valence-corrected chi connectivity index (χ2v) is 5.07. The summed E-state index contributed by atoms with van der Waals surface area (Å²) in [6.07, 6.45) is 1.72. The number of aromatic nitrogens is 1. The number of anilines is 2. The average Bonchev–Trinajstić information content (AvgIpc) is 2.30. The van der Waals surface area contributed by atoms with Gasteiger partial charge < -0.3 is 10.3 Å². The summed E-state index contributed by atoms with van der Waals surface area (Å²) in [5.74, 6) is 7.43. The van der Waals surface area contributed by atoms with Crippen molar-refractivity contribution in [3.63, 3.8) is 0 Å². The van der Waals surface area contributed by atoms with Gasteiger partial charge in [-0.1, -0.05) is 0 Å². The molecule has 2 rings (SSSR count). The number of nitrogens with two attached hydrogens (primary N) is 1. The van der Waals surface area contributed by atoms with Crippen molar-refractivity contribution < 1.29 is 4.21 Å². The number of hydrazine groups is 1. The Kier molecular flexibility index (Phi) is 3.17. The molecule has 15 heavy (non-hydrogen) atoms. The number of nitrogen functional groups attached to an aromatic ring is 1. The van der Waals surface area contributed by atoms with Crippen molar-refractivity contribution in [2.75, 3.05) is 34.9 Å². The maximum Gasteiger partial charge on any atom is 0.141 e. The van der Waals surface area contributed by atoms with Gasteiger partial charge in [0, 0.05) is 53.3 Å². The van der Waals surface area contributed by atoms with Gasteiger partial charge >= 0.3 is 0 Å². The summed E-state index contributed by atoms with van der Waals surface area (Å²) >= 11 is 0. The van der Waals surface area contributed by atoms with Crippen LogP contribution in [0, 0.1) is 0 Å². The van der Waals surface area contributed by atoms with Crippen LogP contribution in [-0.4, -0.2) is 33.8 Å². The van der Waals surface area contributed by atoms with E-state index in [-0.39, 0.29) is 0 Å². The molecule has 0 aliphatic carbocycles. The van der Waals surface area contributed by atoms with E-state index in [0.717, 1.165) is 30.3 Å². The van der Waals surface area contributed by atoms with Crippen LogP contribution in [0.25, 0.3) is 0 Å². The van der Waals surface area contributed by atoms with E-state index in [9.17, 15) is 4.21 Å². The summed E-state index contributed by atoms with van der Waals surface area (Å²) in [5, 5.41) is 0. The number of hydrogen-bond acceptors (Lipinski definition) is 5. The highest BCUT2D eigenvalue weighted by atomic mass is 32.2. The lowest BCUT2D eigenvalue weighted by Crippen LogP contribution is -2.37. The number of nitrogens with one attached hydrogen (secondary N) is 1. The van der Waals surface area contributed by atoms with Crippen molar-refractivity contribution >= 4 is 22.3 Å². The monoisotopic (exact) mass is 226 g/mol. The zero-order chi connectivity index (χ0) is 10.7. The third kappa shape index (κ3) is 2.45. The standard InChI is InChI=1S/C9H14N4OS/c10-12-9-7-8(1-2-11-9)13-3-5-15(14)6-4-13/h1-2,7H,3-6,10H2,(H,11,12). The zero-order valence-corrected chi connectivity index (χ0v) is 9.17. The van der Waals surface area contributed by atoms with E-state index >= 15 is 0 Å². The van der Waals surface area contributed by atoms with Crippen LogP contribution in [0.5, 0.6) is 0 Å². The van der Waals surface area contributed by atoms with Crippen molar-refractivity contribution in [2.24, 2.45) is 5.84 Å². The largest absolute Gasteiger partial charge is 0.370 e. The van der Waals surface area contributed by atoms with Gasteiger partial charge in [0.2, 0.25) is 0 Å². The van der Waals surface area contributed by atoms with Crippen LogP contribution in [0.4, 0.5) is 11.5 Å². The molecule has 0 amide bonds. The lowest BCUT2D eigenvalue weighted by atomic mass is 10.3. The first kappa shape index (κ1) is 10.4. The number of nitrogens with zero attached hydrogens (tertiary/aromatic N) is 2. The molecule has 1 aliphatic heterocycles. The van der Waals surface area contributed by atoms with Crippen LogP contribution < -0.4 is 16.2 Å². The molecule has 0 saturated carbocycles. The Balaban J connectivity index is 2.11. The van der Waals surface area contributed by atoms with Crippen molar-refractivity contribution in [1.82, 2.24) is 4.98 Å². The molecule has 0 spiro atoms. The normalized spacial score (nSPS) is 17.8. The van der Waals surface area contributed by atoms with Crippen LogP contribution in [0.3, 0.4) is 0 Å². The molecule has 2 heterocycles. The molecule has 0 atom stereocenters. The molecule has 1 aromatic rings. The van der Waals surface area contributed by atoms with Crippen LogP contribution >= 0.6 is 0 Å². The predicted molar refractivity (Wildman–Crippen MR) is 62.1 cm³/mol.